The number of nitrogens with zero attached hydrogens (tertiary/aromatic N) is 1. The van der Waals surface area contributed by atoms with Crippen molar-refractivity contribution in [2.24, 2.45) is 5.41 Å². The molecular formula is C11H17N. The summed E-state index contributed by atoms with van der Waals surface area (Å²) < 4.78 is 0. The molecule has 0 saturated heterocycles. The molecule has 0 atom stereocenters. The third-order valence-corrected chi connectivity index (χ3v) is 1.82. The standard InChI is InChI=1S/C11H17N/c1-9-6-5-7-12-10(9)8-11(2,3)4/h5-7H,8H2,1-4H3. The summed E-state index contributed by atoms with van der Waals surface area (Å²) >= 11 is 0. The van der Waals surface area contributed by atoms with Gasteiger partial charge in [0.25, 0.3) is 0 Å². The van der Waals surface area contributed by atoms with E-state index in [9.17, 15) is 0 Å². The number of rotatable bonds is 1. The summed E-state index contributed by atoms with van der Waals surface area (Å²) in [5, 5.41) is 0. The highest BCUT2D eigenvalue weighted by Crippen LogP contribution is 2.20. The first-order chi connectivity index (χ1) is 5.49. The van der Waals surface area contributed by atoms with Gasteiger partial charge in [-0.05, 0) is 30.4 Å². The van der Waals surface area contributed by atoms with Gasteiger partial charge in [-0.1, -0.05) is 26.8 Å². The Balaban J connectivity index is 2.83. The maximum absolute atomic E-state index is 4.36. The summed E-state index contributed by atoms with van der Waals surface area (Å²) in [6.07, 6.45) is 2.92. The van der Waals surface area contributed by atoms with Gasteiger partial charge in [0.15, 0.2) is 0 Å². The first-order valence-electron chi connectivity index (χ1n) is 4.39. The van der Waals surface area contributed by atoms with E-state index in [1.807, 2.05) is 12.3 Å². The van der Waals surface area contributed by atoms with E-state index in [0.717, 1.165) is 6.42 Å². The van der Waals surface area contributed by atoms with E-state index in [-0.39, 0.29) is 0 Å². The van der Waals surface area contributed by atoms with Gasteiger partial charge in [0, 0.05) is 11.9 Å². The molecule has 1 rings (SSSR count). The Labute approximate surface area is 74.8 Å². The SMILES string of the molecule is Cc1cccnc1CC(C)(C)C. The van der Waals surface area contributed by atoms with Crippen LogP contribution in [0.3, 0.4) is 0 Å². The van der Waals surface area contributed by atoms with Gasteiger partial charge < -0.3 is 0 Å². The van der Waals surface area contributed by atoms with E-state index in [0.29, 0.717) is 5.41 Å². The second-order valence-electron chi connectivity index (χ2n) is 4.50. The van der Waals surface area contributed by atoms with Gasteiger partial charge in [-0.2, -0.15) is 0 Å². The second kappa shape index (κ2) is 3.26. The van der Waals surface area contributed by atoms with Crippen LogP contribution in [0, 0.1) is 12.3 Å². The monoisotopic (exact) mass is 163 g/mol. The van der Waals surface area contributed by atoms with Crippen LogP contribution >= 0.6 is 0 Å². The van der Waals surface area contributed by atoms with Crippen LogP contribution in [0.25, 0.3) is 0 Å². The smallest absolute Gasteiger partial charge is 0.0437 e. The number of hydrogen-bond donors (Lipinski definition) is 0. The van der Waals surface area contributed by atoms with Crippen molar-refractivity contribution < 1.29 is 0 Å². The second-order valence-corrected chi connectivity index (χ2v) is 4.50. The molecular weight excluding hydrogens is 146 g/mol. The molecule has 0 aliphatic heterocycles. The molecule has 0 amide bonds. The van der Waals surface area contributed by atoms with Gasteiger partial charge in [-0.15, -0.1) is 0 Å². The highest BCUT2D eigenvalue weighted by Gasteiger charge is 2.12. The van der Waals surface area contributed by atoms with Crippen LogP contribution in [0.5, 0.6) is 0 Å². The lowest BCUT2D eigenvalue weighted by molar-refractivity contribution is 0.405. The predicted molar refractivity (Wildman–Crippen MR) is 52.1 cm³/mol. The normalized spacial score (nSPS) is 11.7. The molecule has 12 heavy (non-hydrogen) atoms. The minimum atomic E-state index is 0.332. The topological polar surface area (TPSA) is 12.9 Å². The van der Waals surface area contributed by atoms with E-state index in [1.54, 1.807) is 0 Å². The molecule has 0 bridgehead atoms. The van der Waals surface area contributed by atoms with E-state index >= 15 is 0 Å². The van der Waals surface area contributed by atoms with Gasteiger partial charge in [-0.25, -0.2) is 0 Å². The van der Waals surface area contributed by atoms with E-state index in [1.165, 1.54) is 11.3 Å². The maximum Gasteiger partial charge on any atom is 0.0437 e. The Morgan fingerprint density at radius 1 is 1.33 bits per heavy atom. The summed E-state index contributed by atoms with van der Waals surface area (Å²) in [5.74, 6) is 0. The fraction of sp³-hybridized carbons (Fsp3) is 0.545. The number of pyridine rings is 1. The molecule has 0 aromatic carbocycles. The van der Waals surface area contributed by atoms with Crippen LogP contribution < -0.4 is 0 Å². The summed E-state index contributed by atoms with van der Waals surface area (Å²) in [5.41, 5.74) is 2.86. The third kappa shape index (κ3) is 2.65. The van der Waals surface area contributed by atoms with Crippen LogP contribution in [0.4, 0.5) is 0 Å². The van der Waals surface area contributed by atoms with Gasteiger partial charge >= 0.3 is 0 Å². The van der Waals surface area contributed by atoms with Crippen LogP contribution in [-0.2, 0) is 6.42 Å². The molecule has 0 aliphatic rings. The fourth-order valence-corrected chi connectivity index (χ4v) is 1.21. The molecule has 1 heteroatoms. The molecule has 0 N–H and O–H groups in total. The first kappa shape index (κ1) is 9.24. The van der Waals surface area contributed by atoms with E-state index in [2.05, 4.69) is 38.7 Å². The summed E-state index contributed by atoms with van der Waals surface area (Å²) in [6, 6.07) is 4.11. The highest BCUT2D eigenvalue weighted by molar-refractivity contribution is 5.18. The Bertz CT molecular complexity index is 258. The van der Waals surface area contributed by atoms with Crippen molar-refractivity contribution >= 4 is 0 Å². The lowest BCUT2D eigenvalue weighted by Crippen LogP contribution is -2.11. The first-order valence-corrected chi connectivity index (χ1v) is 4.39. The minimum Gasteiger partial charge on any atom is -0.261 e. The maximum atomic E-state index is 4.36. The predicted octanol–water partition coefficient (Wildman–Crippen LogP) is 2.98. The van der Waals surface area contributed by atoms with Crippen molar-refractivity contribution in [3.8, 4) is 0 Å². The largest absolute Gasteiger partial charge is 0.261 e. The molecule has 1 aromatic heterocycles. The quantitative estimate of drug-likeness (QED) is 0.620. The zero-order valence-electron chi connectivity index (χ0n) is 8.39. The Morgan fingerprint density at radius 3 is 2.50 bits per heavy atom. The molecule has 1 heterocycles. The van der Waals surface area contributed by atoms with Crippen molar-refractivity contribution in [1.29, 1.82) is 0 Å². The third-order valence-electron chi connectivity index (χ3n) is 1.82. The van der Waals surface area contributed by atoms with Gasteiger partial charge in [0.05, 0.1) is 0 Å². The van der Waals surface area contributed by atoms with Crippen molar-refractivity contribution in [2.45, 2.75) is 34.1 Å². The molecule has 0 aliphatic carbocycles. The summed E-state index contributed by atoms with van der Waals surface area (Å²) in [4.78, 5) is 4.36. The lowest BCUT2D eigenvalue weighted by atomic mass is 9.89. The van der Waals surface area contributed by atoms with E-state index < -0.39 is 0 Å². The van der Waals surface area contributed by atoms with Crippen LogP contribution in [-0.4, -0.2) is 4.98 Å². The van der Waals surface area contributed by atoms with Crippen molar-refractivity contribution in [3.63, 3.8) is 0 Å². The van der Waals surface area contributed by atoms with Crippen LogP contribution in [0.2, 0.25) is 0 Å². The zero-order valence-corrected chi connectivity index (χ0v) is 8.39. The number of aryl methyl sites for hydroxylation is 1. The van der Waals surface area contributed by atoms with Crippen molar-refractivity contribution in [1.82, 2.24) is 4.98 Å². The van der Waals surface area contributed by atoms with Gasteiger partial charge in [0.2, 0.25) is 0 Å². The fourth-order valence-electron chi connectivity index (χ4n) is 1.21. The van der Waals surface area contributed by atoms with Crippen molar-refractivity contribution in [3.05, 3.63) is 29.6 Å². The zero-order chi connectivity index (χ0) is 9.19. The molecule has 1 aromatic rings. The van der Waals surface area contributed by atoms with Crippen molar-refractivity contribution in [2.75, 3.05) is 0 Å². The molecule has 0 spiro atoms. The molecule has 66 valence electrons. The average Bonchev–Trinajstić information content (AvgIpc) is 1.91. The van der Waals surface area contributed by atoms with Crippen LogP contribution in [0.15, 0.2) is 18.3 Å². The summed E-state index contributed by atoms with van der Waals surface area (Å²) in [6.45, 7) is 8.83. The Kier molecular flexibility index (Phi) is 2.51. The number of hydrogen-bond acceptors (Lipinski definition) is 1. The minimum absolute atomic E-state index is 0.332. The van der Waals surface area contributed by atoms with Gasteiger partial charge in [0.1, 0.15) is 0 Å². The average molecular weight is 163 g/mol. The molecule has 0 fully saturated rings. The number of aromatic nitrogens is 1. The van der Waals surface area contributed by atoms with Gasteiger partial charge in [-0.3, -0.25) is 4.98 Å². The molecule has 0 saturated carbocycles. The van der Waals surface area contributed by atoms with Crippen LogP contribution in [0.1, 0.15) is 32.0 Å². The Hall–Kier alpha value is -0.850. The highest BCUT2D eigenvalue weighted by atomic mass is 14.7. The van der Waals surface area contributed by atoms with E-state index in [4.69, 9.17) is 0 Å². The summed E-state index contributed by atoms with van der Waals surface area (Å²) in [7, 11) is 0. The Morgan fingerprint density at radius 2 is 2.00 bits per heavy atom. The molecule has 0 radical (unpaired) electrons. The molecule has 0 unspecified atom stereocenters. The molecule has 1 nitrogen and oxygen atoms in total. The lowest BCUT2D eigenvalue weighted by Gasteiger charge is -2.18.